The number of rotatable bonds is 6. The molecule has 0 bridgehead atoms. The summed E-state index contributed by atoms with van der Waals surface area (Å²) in [6, 6.07) is 5.80. The Morgan fingerprint density at radius 2 is 2.05 bits per heavy atom. The Balaban J connectivity index is 1.36. The molecule has 2 N–H and O–H groups in total. The van der Waals surface area contributed by atoms with Crippen molar-refractivity contribution in [2.45, 2.75) is 39.3 Å². The highest BCUT2D eigenvalue weighted by atomic mass is 19.1. The van der Waals surface area contributed by atoms with Crippen molar-refractivity contribution < 1.29 is 18.7 Å². The second-order valence-corrected chi connectivity index (χ2v) is 10.6. The van der Waals surface area contributed by atoms with E-state index in [0.29, 0.717) is 53.7 Å². The minimum atomic E-state index is -0.517. The lowest BCUT2D eigenvalue weighted by Crippen LogP contribution is -2.54. The van der Waals surface area contributed by atoms with Gasteiger partial charge >= 0.3 is 6.01 Å². The van der Waals surface area contributed by atoms with Crippen molar-refractivity contribution in [1.82, 2.24) is 24.7 Å². The van der Waals surface area contributed by atoms with Gasteiger partial charge in [0.15, 0.2) is 11.5 Å². The summed E-state index contributed by atoms with van der Waals surface area (Å²) in [5, 5.41) is 7.14. The van der Waals surface area contributed by atoms with Crippen LogP contribution in [-0.4, -0.2) is 70.3 Å². The summed E-state index contributed by atoms with van der Waals surface area (Å²) in [5.41, 5.74) is 3.00. The molecule has 2 fully saturated rings. The van der Waals surface area contributed by atoms with Gasteiger partial charge in [-0.15, -0.1) is 0 Å². The minimum absolute atomic E-state index is 0.210. The molecule has 2 aliphatic heterocycles. The number of anilines is 2. The molecule has 0 aliphatic carbocycles. The van der Waals surface area contributed by atoms with E-state index in [2.05, 4.69) is 39.3 Å². The smallest absolute Gasteiger partial charge is 0.316 e. The number of aryl methyl sites for hydroxylation is 1. The predicted octanol–water partition coefficient (Wildman–Crippen LogP) is 3.58. The van der Waals surface area contributed by atoms with E-state index in [4.69, 9.17) is 14.5 Å². The average Bonchev–Trinajstić information content (AvgIpc) is 3.55. The number of ether oxygens (including phenoxy) is 2. The molecule has 5 heterocycles. The van der Waals surface area contributed by atoms with E-state index >= 15 is 0 Å². The maximum Gasteiger partial charge on any atom is 0.316 e. The molecule has 4 aromatic rings. The monoisotopic (exact) mass is 533 g/mol. The quantitative estimate of drug-likeness (QED) is 0.388. The largest absolute Gasteiger partial charge is 0.463 e. The number of carbonyl (C=O) groups excluding carboxylic acids is 1. The third kappa shape index (κ3) is 5.24. The fourth-order valence-corrected chi connectivity index (χ4v) is 5.49. The fraction of sp³-hybridized carbons (Fsp3) is 0.429. The number of nitrogens with zero attached hydrogens (tertiary/aromatic N) is 5. The van der Waals surface area contributed by atoms with Gasteiger partial charge in [0.05, 0.1) is 35.7 Å². The van der Waals surface area contributed by atoms with Gasteiger partial charge in [0.2, 0.25) is 0 Å². The maximum atomic E-state index is 14.7. The lowest BCUT2D eigenvalue weighted by atomic mass is 10.0. The zero-order valence-corrected chi connectivity index (χ0v) is 22.3. The van der Waals surface area contributed by atoms with Crippen LogP contribution in [0.15, 0.2) is 36.8 Å². The van der Waals surface area contributed by atoms with E-state index in [1.807, 2.05) is 6.07 Å². The molecule has 39 heavy (non-hydrogen) atoms. The third-order valence-corrected chi connectivity index (χ3v) is 7.21. The first-order chi connectivity index (χ1) is 18.8. The molecule has 3 atom stereocenters. The predicted molar refractivity (Wildman–Crippen MR) is 146 cm³/mol. The number of aromatic nitrogens is 4. The Hall–Kier alpha value is -3.83. The van der Waals surface area contributed by atoms with Crippen molar-refractivity contribution in [3.63, 3.8) is 0 Å². The number of pyridine rings is 1. The molecule has 6 rings (SSSR count). The second-order valence-electron chi connectivity index (χ2n) is 10.6. The van der Waals surface area contributed by atoms with Crippen molar-refractivity contribution in [2.75, 3.05) is 43.1 Å². The van der Waals surface area contributed by atoms with Gasteiger partial charge in [-0.2, -0.15) is 4.98 Å². The van der Waals surface area contributed by atoms with Crippen molar-refractivity contribution in [2.24, 2.45) is 5.92 Å². The summed E-state index contributed by atoms with van der Waals surface area (Å²) >= 11 is 0. The van der Waals surface area contributed by atoms with E-state index in [1.165, 1.54) is 6.07 Å². The molecule has 0 radical (unpaired) electrons. The highest BCUT2D eigenvalue weighted by Crippen LogP contribution is 2.31. The van der Waals surface area contributed by atoms with Crippen LogP contribution in [0.4, 0.5) is 15.8 Å². The van der Waals surface area contributed by atoms with Gasteiger partial charge in [-0.05, 0) is 39.3 Å². The first kappa shape index (κ1) is 25.4. The maximum absolute atomic E-state index is 14.7. The van der Waals surface area contributed by atoms with E-state index in [1.54, 1.807) is 36.0 Å². The van der Waals surface area contributed by atoms with Crippen LogP contribution >= 0.6 is 0 Å². The van der Waals surface area contributed by atoms with Gasteiger partial charge in [0.1, 0.15) is 0 Å². The van der Waals surface area contributed by atoms with E-state index < -0.39 is 11.7 Å². The Morgan fingerprint density at radius 1 is 1.23 bits per heavy atom. The zero-order valence-electron chi connectivity index (χ0n) is 22.3. The molecule has 0 spiro atoms. The number of amides is 1. The van der Waals surface area contributed by atoms with Gasteiger partial charge in [-0.3, -0.25) is 4.79 Å². The highest BCUT2D eigenvalue weighted by molar-refractivity contribution is 6.13. The standard InChI is InChI=1S/C28H32FN7O3/c1-16-10-35(11-17(2)31-16)24-5-4-21(25-22(24)9-30-28(34-25)39-15-19-6-7-38-14-19)27(37)33-20-8-23(29)26-32-18(3)12-36(26)13-20/h4-5,8-9,12-13,16-17,19,31H,6-7,10-11,14-15H2,1-3H3,(H,33,37). The number of halogens is 1. The number of benzene rings is 1. The number of fused-ring (bicyclic) bond motifs is 2. The van der Waals surface area contributed by atoms with Crippen LogP contribution in [0.2, 0.25) is 0 Å². The van der Waals surface area contributed by atoms with E-state index in [0.717, 1.165) is 37.2 Å². The Morgan fingerprint density at radius 3 is 2.82 bits per heavy atom. The topological polar surface area (TPSA) is 106 Å². The number of hydrogen-bond donors (Lipinski definition) is 2. The van der Waals surface area contributed by atoms with Crippen LogP contribution in [0, 0.1) is 18.7 Å². The van der Waals surface area contributed by atoms with Gasteiger partial charge in [-0.1, -0.05) is 0 Å². The molecule has 2 aliphatic rings. The van der Waals surface area contributed by atoms with Crippen LogP contribution in [0.5, 0.6) is 6.01 Å². The summed E-state index contributed by atoms with van der Waals surface area (Å²) in [7, 11) is 0. The number of hydrogen-bond acceptors (Lipinski definition) is 8. The number of imidazole rings is 1. The molecule has 10 nitrogen and oxygen atoms in total. The van der Waals surface area contributed by atoms with Gasteiger partial charge in [-0.25, -0.2) is 14.4 Å². The van der Waals surface area contributed by atoms with Crippen molar-refractivity contribution in [3.8, 4) is 6.01 Å². The SMILES string of the molecule is Cc1cn2cc(NC(=O)c3ccc(N4CC(C)NC(C)C4)c4cnc(OCC5CCOC5)nc34)cc(F)c2n1. The van der Waals surface area contributed by atoms with Crippen LogP contribution in [-0.2, 0) is 4.74 Å². The number of piperazine rings is 1. The van der Waals surface area contributed by atoms with Gasteiger partial charge in [0.25, 0.3) is 5.91 Å². The van der Waals surface area contributed by atoms with Crippen molar-refractivity contribution in [3.05, 3.63) is 53.9 Å². The molecule has 1 aromatic carbocycles. The Kier molecular flexibility index (Phi) is 6.78. The number of carbonyl (C=O) groups is 1. The number of nitrogens with one attached hydrogen (secondary N) is 2. The zero-order chi connectivity index (χ0) is 27.1. The Labute approximate surface area is 225 Å². The van der Waals surface area contributed by atoms with Crippen LogP contribution in [0.1, 0.15) is 36.3 Å². The first-order valence-electron chi connectivity index (χ1n) is 13.3. The summed E-state index contributed by atoms with van der Waals surface area (Å²) in [6.45, 7) is 9.55. The average molecular weight is 534 g/mol. The molecule has 0 saturated carbocycles. The van der Waals surface area contributed by atoms with Gasteiger partial charge < -0.3 is 29.4 Å². The summed E-state index contributed by atoms with van der Waals surface area (Å²) in [4.78, 5) is 29.2. The molecular formula is C28H32FN7O3. The second kappa shape index (κ2) is 10.4. The fourth-order valence-electron chi connectivity index (χ4n) is 5.49. The minimum Gasteiger partial charge on any atom is -0.463 e. The molecule has 1 amide bonds. The molecule has 204 valence electrons. The normalized spacial score (nSPS) is 21.5. The molecular weight excluding hydrogens is 501 g/mol. The van der Waals surface area contributed by atoms with Crippen LogP contribution in [0.3, 0.4) is 0 Å². The molecule has 3 aromatic heterocycles. The van der Waals surface area contributed by atoms with E-state index in [9.17, 15) is 9.18 Å². The molecule has 11 heteroatoms. The van der Waals surface area contributed by atoms with Crippen LogP contribution in [0.25, 0.3) is 16.6 Å². The summed E-state index contributed by atoms with van der Waals surface area (Å²) in [6.07, 6.45) is 6.01. The summed E-state index contributed by atoms with van der Waals surface area (Å²) in [5.74, 6) is -0.631. The lowest BCUT2D eigenvalue weighted by molar-refractivity contribution is 0.102. The first-order valence-corrected chi connectivity index (χ1v) is 13.3. The van der Waals surface area contributed by atoms with Crippen LogP contribution < -0.4 is 20.3 Å². The van der Waals surface area contributed by atoms with Crippen molar-refractivity contribution >= 4 is 33.8 Å². The van der Waals surface area contributed by atoms with Gasteiger partial charge in [0, 0.05) is 73.4 Å². The highest BCUT2D eigenvalue weighted by Gasteiger charge is 2.25. The lowest BCUT2D eigenvalue weighted by Gasteiger charge is -2.38. The molecule has 3 unspecified atom stereocenters. The molecule has 2 saturated heterocycles. The van der Waals surface area contributed by atoms with Crippen molar-refractivity contribution in [1.29, 1.82) is 0 Å². The Bertz CT molecular complexity index is 1520. The van der Waals surface area contributed by atoms with E-state index in [-0.39, 0.29) is 11.7 Å². The third-order valence-electron chi connectivity index (χ3n) is 7.21. The summed E-state index contributed by atoms with van der Waals surface area (Å²) < 4.78 is 27.6.